The van der Waals surface area contributed by atoms with Gasteiger partial charge in [0.25, 0.3) is 0 Å². The van der Waals surface area contributed by atoms with E-state index in [1.165, 1.54) is 21.9 Å². The number of Topliss-reactive ketones (excluding diaryl/α,β-unsaturated/α-hetero) is 1. The molecular formula is C16H16O. The van der Waals surface area contributed by atoms with Crippen LogP contribution in [0.5, 0.6) is 0 Å². The zero-order valence-electron chi connectivity index (χ0n) is 10.1. The number of hydrogen-bond acceptors (Lipinski definition) is 1. The van der Waals surface area contributed by atoms with Crippen molar-refractivity contribution < 1.29 is 4.79 Å². The Morgan fingerprint density at radius 3 is 2.53 bits per heavy atom. The van der Waals surface area contributed by atoms with Crippen molar-refractivity contribution in [3.05, 3.63) is 47.5 Å². The van der Waals surface area contributed by atoms with Crippen LogP contribution in [0.1, 0.15) is 36.3 Å². The van der Waals surface area contributed by atoms with Gasteiger partial charge in [0.05, 0.1) is 0 Å². The average molecular weight is 224 g/mol. The van der Waals surface area contributed by atoms with Gasteiger partial charge in [-0.2, -0.15) is 0 Å². The third-order valence-corrected chi connectivity index (χ3v) is 3.86. The highest BCUT2D eigenvalue weighted by atomic mass is 16.1. The van der Waals surface area contributed by atoms with Gasteiger partial charge in [-0.1, -0.05) is 36.4 Å². The molecule has 86 valence electrons. The van der Waals surface area contributed by atoms with Crippen LogP contribution in [-0.4, -0.2) is 5.78 Å². The topological polar surface area (TPSA) is 17.1 Å². The Morgan fingerprint density at radius 1 is 1.06 bits per heavy atom. The van der Waals surface area contributed by atoms with E-state index in [9.17, 15) is 4.79 Å². The van der Waals surface area contributed by atoms with E-state index in [0.29, 0.717) is 5.78 Å². The minimum atomic E-state index is 0.139. The predicted molar refractivity (Wildman–Crippen MR) is 70.3 cm³/mol. The van der Waals surface area contributed by atoms with Crippen LogP contribution in [0, 0.1) is 6.92 Å². The van der Waals surface area contributed by atoms with Gasteiger partial charge >= 0.3 is 0 Å². The Labute approximate surface area is 101 Å². The molecular weight excluding hydrogens is 208 g/mol. The second kappa shape index (κ2) is 3.99. The summed E-state index contributed by atoms with van der Waals surface area (Å²) in [5.74, 6) is 0.555. The van der Waals surface area contributed by atoms with Crippen molar-refractivity contribution in [2.75, 3.05) is 0 Å². The first-order valence-electron chi connectivity index (χ1n) is 6.28. The van der Waals surface area contributed by atoms with Crippen LogP contribution in [0.15, 0.2) is 36.4 Å². The molecule has 0 heterocycles. The first-order valence-corrected chi connectivity index (χ1v) is 6.28. The Bertz CT molecular complexity index is 583. The second-order valence-corrected chi connectivity index (χ2v) is 4.93. The summed E-state index contributed by atoms with van der Waals surface area (Å²) >= 11 is 0. The van der Waals surface area contributed by atoms with Crippen molar-refractivity contribution in [2.45, 2.75) is 32.1 Å². The lowest BCUT2D eigenvalue weighted by Crippen LogP contribution is -2.05. The fourth-order valence-corrected chi connectivity index (χ4v) is 2.92. The summed E-state index contributed by atoms with van der Waals surface area (Å²) in [5, 5.41) is 2.54. The van der Waals surface area contributed by atoms with Crippen LogP contribution in [0.3, 0.4) is 0 Å². The molecule has 1 heteroatoms. The Kier molecular flexibility index (Phi) is 2.47. The van der Waals surface area contributed by atoms with Gasteiger partial charge in [-0.3, -0.25) is 4.79 Å². The van der Waals surface area contributed by atoms with E-state index in [1.54, 1.807) is 0 Å². The standard InChI is InChI=1S/C16H16O/c1-11-9-10-14(15-7-4-8-16(15)17)13-6-3-2-5-12(11)13/h2-3,5-6,9-10,15H,4,7-8H2,1H3. The largest absolute Gasteiger partial charge is 0.299 e. The van der Waals surface area contributed by atoms with Crippen molar-refractivity contribution in [1.29, 1.82) is 0 Å². The smallest absolute Gasteiger partial charge is 0.140 e. The first kappa shape index (κ1) is 10.5. The van der Waals surface area contributed by atoms with Crippen LogP contribution in [0.2, 0.25) is 0 Å². The lowest BCUT2D eigenvalue weighted by Gasteiger charge is -2.13. The van der Waals surface area contributed by atoms with Crippen molar-refractivity contribution in [3.8, 4) is 0 Å². The fourth-order valence-electron chi connectivity index (χ4n) is 2.92. The van der Waals surface area contributed by atoms with E-state index in [4.69, 9.17) is 0 Å². The van der Waals surface area contributed by atoms with Crippen molar-refractivity contribution in [1.82, 2.24) is 0 Å². The van der Waals surface area contributed by atoms with E-state index in [1.807, 2.05) is 0 Å². The molecule has 0 saturated heterocycles. The lowest BCUT2D eigenvalue weighted by molar-refractivity contribution is -0.118. The third kappa shape index (κ3) is 1.66. The zero-order chi connectivity index (χ0) is 11.8. The number of carbonyl (C=O) groups excluding carboxylic acids is 1. The Hall–Kier alpha value is -1.63. The molecule has 3 rings (SSSR count). The van der Waals surface area contributed by atoms with E-state index in [2.05, 4.69) is 43.3 Å². The van der Waals surface area contributed by atoms with Gasteiger partial charge in [0.1, 0.15) is 5.78 Å². The number of benzene rings is 2. The normalized spacial score (nSPS) is 20.1. The quantitative estimate of drug-likeness (QED) is 0.716. The van der Waals surface area contributed by atoms with Crippen LogP contribution in [0.25, 0.3) is 10.8 Å². The van der Waals surface area contributed by atoms with Gasteiger partial charge in [-0.15, -0.1) is 0 Å². The highest BCUT2D eigenvalue weighted by Crippen LogP contribution is 2.36. The number of ketones is 1. The Balaban J connectivity index is 2.23. The monoisotopic (exact) mass is 224 g/mol. The minimum absolute atomic E-state index is 0.139. The summed E-state index contributed by atoms with van der Waals surface area (Å²) in [4.78, 5) is 11.9. The number of hydrogen-bond donors (Lipinski definition) is 0. The molecule has 0 bridgehead atoms. The molecule has 17 heavy (non-hydrogen) atoms. The second-order valence-electron chi connectivity index (χ2n) is 4.93. The molecule has 0 N–H and O–H groups in total. The van der Waals surface area contributed by atoms with E-state index in [0.717, 1.165) is 19.3 Å². The van der Waals surface area contributed by atoms with Crippen LogP contribution in [0.4, 0.5) is 0 Å². The SMILES string of the molecule is Cc1ccc(C2CCCC2=O)c2ccccc12. The summed E-state index contributed by atoms with van der Waals surface area (Å²) in [5.41, 5.74) is 2.52. The fraction of sp³-hybridized carbons (Fsp3) is 0.312. The van der Waals surface area contributed by atoms with Gasteiger partial charge in [-0.25, -0.2) is 0 Å². The summed E-state index contributed by atoms with van der Waals surface area (Å²) in [6.45, 7) is 2.13. The summed E-state index contributed by atoms with van der Waals surface area (Å²) < 4.78 is 0. The predicted octanol–water partition coefficient (Wildman–Crippen LogP) is 3.98. The van der Waals surface area contributed by atoms with Crippen LogP contribution >= 0.6 is 0 Å². The minimum Gasteiger partial charge on any atom is -0.299 e. The molecule has 1 fully saturated rings. The van der Waals surface area contributed by atoms with Gasteiger partial charge in [-0.05, 0) is 41.7 Å². The van der Waals surface area contributed by atoms with E-state index >= 15 is 0 Å². The number of fused-ring (bicyclic) bond motifs is 1. The summed E-state index contributed by atoms with van der Waals surface area (Å²) in [6, 6.07) is 12.7. The maximum Gasteiger partial charge on any atom is 0.140 e. The molecule has 1 atom stereocenters. The molecule has 0 aliphatic heterocycles. The van der Waals surface area contributed by atoms with Gasteiger partial charge in [0.15, 0.2) is 0 Å². The molecule has 0 spiro atoms. The van der Waals surface area contributed by atoms with Gasteiger partial charge in [0, 0.05) is 12.3 Å². The maximum absolute atomic E-state index is 11.9. The molecule has 2 aromatic carbocycles. The third-order valence-electron chi connectivity index (χ3n) is 3.86. The Morgan fingerprint density at radius 2 is 1.82 bits per heavy atom. The van der Waals surface area contributed by atoms with Crippen molar-refractivity contribution in [2.24, 2.45) is 0 Å². The molecule has 1 aliphatic rings. The molecule has 2 aromatic rings. The molecule has 0 aromatic heterocycles. The first-order chi connectivity index (χ1) is 8.27. The summed E-state index contributed by atoms with van der Waals surface area (Å²) in [6.07, 6.45) is 2.82. The lowest BCUT2D eigenvalue weighted by atomic mass is 9.90. The van der Waals surface area contributed by atoms with Gasteiger partial charge in [0.2, 0.25) is 0 Å². The van der Waals surface area contributed by atoms with Crippen molar-refractivity contribution in [3.63, 3.8) is 0 Å². The molecule has 1 unspecified atom stereocenters. The molecule has 0 radical (unpaired) electrons. The van der Waals surface area contributed by atoms with E-state index < -0.39 is 0 Å². The van der Waals surface area contributed by atoms with Crippen molar-refractivity contribution >= 4 is 16.6 Å². The highest BCUT2D eigenvalue weighted by Gasteiger charge is 2.27. The number of aryl methyl sites for hydroxylation is 1. The highest BCUT2D eigenvalue weighted by molar-refractivity contribution is 5.96. The average Bonchev–Trinajstić information content (AvgIpc) is 2.77. The zero-order valence-corrected chi connectivity index (χ0v) is 10.1. The van der Waals surface area contributed by atoms with Gasteiger partial charge < -0.3 is 0 Å². The summed E-state index contributed by atoms with van der Waals surface area (Å²) in [7, 11) is 0. The van der Waals surface area contributed by atoms with E-state index in [-0.39, 0.29) is 5.92 Å². The molecule has 1 nitrogen and oxygen atoms in total. The molecule has 1 aliphatic carbocycles. The number of rotatable bonds is 1. The van der Waals surface area contributed by atoms with Crippen LogP contribution in [-0.2, 0) is 4.79 Å². The maximum atomic E-state index is 11.9. The molecule has 1 saturated carbocycles. The molecule has 0 amide bonds. The number of carbonyl (C=O) groups is 1. The van der Waals surface area contributed by atoms with Crippen LogP contribution < -0.4 is 0 Å².